The molecule has 1 aliphatic heterocycles. The summed E-state index contributed by atoms with van der Waals surface area (Å²) in [6, 6.07) is 2.20. The Morgan fingerprint density at radius 2 is 2.11 bits per heavy atom. The minimum absolute atomic E-state index is 0.871. The minimum Gasteiger partial charge on any atom is -0.316 e. The zero-order valence-corrected chi connectivity index (χ0v) is 12.7. The number of piperidine rings is 1. The molecule has 1 aromatic rings. The van der Waals surface area contributed by atoms with Crippen molar-refractivity contribution in [2.24, 2.45) is 13.0 Å². The Morgan fingerprint density at radius 3 is 2.68 bits per heavy atom. The molecule has 4 nitrogen and oxygen atoms in total. The summed E-state index contributed by atoms with van der Waals surface area (Å²) < 4.78 is 2.02. The van der Waals surface area contributed by atoms with Crippen molar-refractivity contribution >= 4 is 0 Å². The highest BCUT2D eigenvalue weighted by Crippen LogP contribution is 2.18. The van der Waals surface area contributed by atoms with Crippen LogP contribution in [0, 0.1) is 12.8 Å². The number of hydrogen-bond donors (Lipinski definition) is 1. The molecule has 0 aliphatic carbocycles. The largest absolute Gasteiger partial charge is 0.316 e. The predicted molar refractivity (Wildman–Crippen MR) is 79.1 cm³/mol. The second-order valence-corrected chi connectivity index (χ2v) is 5.82. The highest BCUT2D eigenvalue weighted by molar-refractivity contribution is 5.08. The van der Waals surface area contributed by atoms with Crippen molar-refractivity contribution in [1.82, 2.24) is 20.0 Å². The third-order valence-corrected chi connectivity index (χ3v) is 4.05. The molecule has 4 heteroatoms. The summed E-state index contributed by atoms with van der Waals surface area (Å²) in [6.07, 6.45) is 3.89. The van der Waals surface area contributed by atoms with Crippen molar-refractivity contribution in [2.75, 3.05) is 26.2 Å². The van der Waals surface area contributed by atoms with Crippen LogP contribution in [0.15, 0.2) is 6.07 Å². The lowest BCUT2D eigenvalue weighted by atomic mass is 9.96. The van der Waals surface area contributed by atoms with Crippen LogP contribution >= 0.6 is 0 Å². The Kier molecular flexibility index (Phi) is 5.40. The maximum Gasteiger partial charge on any atom is 0.0597 e. The van der Waals surface area contributed by atoms with Gasteiger partial charge in [-0.1, -0.05) is 6.92 Å². The van der Waals surface area contributed by atoms with Gasteiger partial charge < -0.3 is 5.32 Å². The molecule has 0 radical (unpaired) electrons. The summed E-state index contributed by atoms with van der Waals surface area (Å²) in [5.74, 6) is 0.871. The second-order valence-electron chi connectivity index (χ2n) is 5.82. The number of nitrogens with zero attached hydrogens (tertiary/aromatic N) is 3. The van der Waals surface area contributed by atoms with Gasteiger partial charge in [0.2, 0.25) is 0 Å². The van der Waals surface area contributed by atoms with E-state index in [1.165, 1.54) is 44.6 Å². The lowest BCUT2D eigenvalue weighted by Gasteiger charge is -2.32. The van der Waals surface area contributed by atoms with Crippen LogP contribution < -0.4 is 5.32 Å². The first-order chi connectivity index (χ1) is 9.19. The van der Waals surface area contributed by atoms with Crippen LogP contribution in [0.25, 0.3) is 0 Å². The molecular weight excluding hydrogens is 236 g/mol. The lowest BCUT2D eigenvalue weighted by Crippen LogP contribution is -2.37. The molecule has 2 rings (SSSR count). The first-order valence-corrected chi connectivity index (χ1v) is 7.61. The van der Waals surface area contributed by atoms with Gasteiger partial charge in [0.15, 0.2) is 0 Å². The molecule has 1 saturated heterocycles. The summed E-state index contributed by atoms with van der Waals surface area (Å²) >= 11 is 0. The standard InChI is InChI=1S/C15H28N4/c1-4-7-16-11-14-5-8-19(9-6-14)12-15-10-13(2)17-18(15)3/h10,14,16H,4-9,11-12H2,1-3H3. The molecule has 0 spiro atoms. The van der Waals surface area contributed by atoms with E-state index in [2.05, 4.69) is 35.2 Å². The van der Waals surface area contributed by atoms with Gasteiger partial charge in [-0.3, -0.25) is 9.58 Å². The predicted octanol–water partition coefficient (Wildman–Crippen LogP) is 1.94. The van der Waals surface area contributed by atoms with Crippen LogP contribution in [0.3, 0.4) is 0 Å². The summed E-state index contributed by atoms with van der Waals surface area (Å²) in [4.78, 5) is 2.56. The molecule has 0 aromatic carbocycles. The van der Waals surface area contributed by atoms with Crippen LogP contribution in [0.4, 0.5) is 0 Å². The fraction of sp³-hybridized carbons (Fsp3) is 0.800. The molecule has 0 unspecified atom stereocenters. The van der Waals surface area contributed by atoms with Crippen LogP contribution in [-0.2, 0) is 13.6 Å². The van der Waals surface area contributed by atoms with Crippen LogP contribution in [0.5, 0.6) is 0 Å². The van der Waals surface area contributed by atoms with E-state index in [0.717, 1.165) is 24.7 Å². The molecule has 1 N–H and O–H groups in total. The van der Waals surface area contributed by atoms with Crippen LogP contribution in [0.1, 0.15) is 37.6 Å². The number of hydrogen-bond acceptors (Lipinski definition) is 3. The van der Waals surface area contributed by atoms with E-state index >= 15 is 0 Å². The van der Waals surface area contributed by atoms with Gasteiger partial charge in [0.25, 0.3) is 0 Å². The first-order valence-electron chi connectivity index (χ1n) is 7.61. The van der Waals surface area contributed by atoms with Gasteiger partial charge in [-0.05, 0) is 64.3 Å². The fourth-order valence-electron chi connectivity index (χ4n) is 2.87. The van der Waals surface area contributed by atoms with E-state index in [9.17, 15) is 0 Å². The Bertz CT molecular complexity index is 377. The van der Waals surface area contributed by atoms with Gasteiger partial charge in [-0.2, -0.15) is 5.10 Å². The molecule has 1 aromatic heterocycles. The fourth-order valence-corrected chi connectivity index (χ4v) is 2.87. The number of likely N-dealkylation sites (tertiary alicyclic amines) is 1. The molecule has 0 bridgehead atoms. The van der Waals surface area contributed by atoms with Gasteiger partial charge in [-0.15, -0.1) is 0 Å². The molecule has 2 heterocycles. The van der Waals surface area contributed by atoms with Crippen molar-refractivity contribution in [2.45, 2.75) is 39.7 Å². The van der Waals surface area contributed by atoms with Gasteiger partial charge in [0.05, 0.1) is 11.4 Å². The molecule has 1 aliphatic rings. The van der Waals surface area contributed by atoms with E-state index in [4.69, 9.17) is 0 Å². The first kappa shape index (κ1) is 14.5. The average Bonchev–Trinajstić information content (AvgIpc) is 2.70. The zero-order valence-electron chi connectivity index (χ0n) is 12.7. The number of nitrogens with one attached hydrogen (secondary N) is 1. The summed E-state index contributed by atoms with van der Waals surface area (Å²) in [7, 11) is 2.05. The van der Waals surface area contributed by atoms with E-state index < -0.39 is 0 Å². The van der Waals surface area contributed by atoms with Gasteiger partial charge >= 0.3 is 0 Å². The van der Waals surface area contributed by atoms with Crippen molar-refractivity contribution in [3.05, 3.63) is 17.5 Å². The van der Waals surface area contributed by atoms with Crippen molar-refractivity contribution in [3.63, 3.8) is 0 Å². The Labute approximate surface area is 117 Å². The maximum absolute atomic E-state index is 4.42. The molecule has 0 amide bonds. The SMILES string of the molecule is CCCNCC1CCN(Cc2cc(C)nn2C)CC1. The van der Waals surface area contributed by atoms with Crippen LogP contribution in [-0.4, -0.2) is 40.9 Å². The molecule has 1 fully saturated rings. The topological polar surface area (TPSA) is 33.1 Å². The average molecular weight is 264 g/mol. The van der Waals surface area contributed by atoms with Gasteiger partial charge in [-0.25, -0.2) is 0 Å². The smallest absolute Gasteiger partial charge is 0.0597 e. The number of rotatable bonds is 6. The highest BCUT2D eigenvalue weighted by Gasteiger charge is 2.19. The number of aromatic nitrogens is 2. The Morgan fingerprint density at radius 1 is 1.37 bits per heavy atom. The van der Waals surface area contributed by atoms with E-state index in [0.29, 0.717) is 0 Å². The third-order valence-electron chi connectivity index (χ3n) is 4.05. The quantitative estimate of drug-likeness (QED) is 0.797. The third kappa shape index (κ3) is 4.32. The summed E-state index contributed by atoms with van der Waals surface area (Å²) in [5, 5.41) is 7.97. The lowest BCUT2D eigenvalue weighted by molar-refractivity contribution is 0.172. The Balaban J connectivity index is 1.73. The van der Waals surface area contributed by atoms with Crippen molar-refractivity contribution in [3.8, 4) is 0 Å². The highest BCUT2D eigenvalue weighted by atomic mass is 15.3. The second kappa shape index (κ2) is 7.06. The molecular formula is C15H28N4. The van der Waals surface area contributed by atoms with E-state index in [-0.39, 0.29) is 0 Å². The molecule has 19 heavy (non-hydrogen) atoms. The van der Waals surface area contributed by atoms with Gasteiger partial charge in [0.1, 0.15) is 0 Å². The Hall–Kier alpha value is -0.870. The number of aryl methyl sites for hydroxylation is 2. The molecule has 0 atom stereocenters. The normalized spacial score (nSPS) is 18.1. The van der Waals surface area contributed by atoms with Crippen molar-refractivity contribution < 1.29 is 0 Å². The van der Waals surface area contributed by atoms with E-state index in [1.807, 2.05) is 11.7 Å². The van der Waals surface area contributed by atoms with Crippen molar-refractivity contribution in [1.29, 1.82) is 0 Å². The summed E-state index contributed by atoms with van der Waals surface area (Å²) in [6.45, 7) is 10.2. The zero-order chi connectivity index (χ0) is 13.7. The van der Waals surface area contributed by atoms with Gasteiger partial charge in [0, 0.05) is 13.6 Å². The maximum atomic E-state index is 4.42. The minimum atomic E-state index is 0.871. The monoisotopic (exact) mass is 264 g/mol. The molecule has 0 saturated carbocycles. The molecule has 108 valence electrons. The summed E-state index contributed by atoms with van der Waals surface area (Å²) in [5.41, 5.74) is 2.45. The van der Waals surface area contributed by atoms with Crippen LogP contribution in [0.2, 0.25) is 0 Å². The van der Waals surface area contributed by atoms with E-state index in [1.54, 1.807) is 0 Å².